The lowest BCUT2D eigenvalue weighted by atomic mass is 9.95. The van der Waals surface area contributed by atoms with Gasteiger partial charge in [-0.25, -0.2) is 0 Å². The molecule has 0 saturated heterocycles. The lowest BCUT2D eigenvalue weighted by Gasteiger charge is -2.16. The van der Waals surface area contributed by atoms with Crippen molar-refractivity contribution >= 4 is 0 Å². The van der Waals surface area contributed by atoms with E-state index >= 15 is 0 Å². The number of rotatable bonds is 5. The molecule has 0 rings (SSSR count). The zero-order valence-electron chi connectivity index (χ0n) is 8.55. The van der Waals surface area contributed by atoms with Crippen LogP contribution in [0.4, 0.5) is 0 Å². The molecule has 0 fully saturated rings. The minimum Gasteiger partial charge on any atom is -0.379 e. The molecule has 0 spiro atoms. The van der Waals surface area contributed by atoms with E-state index in [-0.39, 0.29) is 0 Å². The van der Waals surface area contributed by atoms with E-state index in [1.54, 1.807) is 0 Å². The summed E-state index contributed by atoms with van der Waals surface area (Å²) in [5, 5.41) is 0. The minimum absolute atomic E-state index is 0.384. The first kappa shape index (κ1) is 11.0. The van der Waals surface area contributed by atoms with Gasteiger partial charge >= 0.3 is 0 Å². The van der Waals surface area contributed by atoms with Crippen molar-refractivity contribution in [1.29, 1.82) is 0 Å². The summed E-state index contributed by atoms with van der Waals surface area (Å²) in [5.41, 5.74) is 0. The Balaban J connectivity index is 3.24. The van der Waals surface area contributed by atoms with Gasteiger partial charge in [0.15, 0.2) is 0 Å². The third-order valence-electron chi connectivity index (χ3n) is 2.16. The molecule has 1 unspecified atom stereocenters. The SMILES string of the molecule is CC(C)OCCC(C)C(C)C. The van der Waals surface area contributed by atoms with Gasteiger partial charge in [0.1, 0.15) is 0 Å². The molecule has 1 heteroatoms. The fraction of sp³-hybridized carbons (Fsp3) is 1.00. The summed E-state index contributed by atoms with van der Waals surface area (Å²) in [7, 11) is 0. The summed E-state index contributed by atoms with van der Waals surface area (Å²) in [6, 6.07) is 0. The van der Waals surface area contributed by atoms with Gasteiger partial charge in [0.05, 0.1) is 6.10 Å². The first-order chi connectivity index (χ1) is 5.04. The lowest BCUT2D eigenvalue weighted by molar-refractivity contribution is 0.0659. The first-order valence-corrected chi connectivity index (χ1v) is 4.65. The van der Waals surface area contributed by atoms with Crippen LogP contribution < -0.4 is 0 Å². The van der Waals surface area contributed by atoms with Crippen molar-refractivity contribution in [3.8, 4) is 0 Å². The van der Waals surface area contributed by atoms with Gasteiger partial charge in [-0.15, -0.1) is 0 Å². The van der Waals surface area contributed by atoms with Gasteiger partial charge in [0.2, 0.25) is 0 Å². The van der Waals surface area contributed by atoms with E-state index in [4.69, 9.17) is 4.74 Å². The quantitative estimate of drug-likeness (QED) is 0.597. The van der Waals surface area contributed by atoms with E-state index in [0.29, 0.717) is 6.10 Å². The summed E-state index contributed by atoms with van der Waals surface area (Å²) in [6.45, 7) is 11.9. The molecule has 0 heterocycles. The van der Waals surface area contributed by atoms with Crippen LogP contribution in [0.15, 0.2) is 0 Å². The summed E-state index contributed by atoms with van der Waals surface area (Å²) < 4.78 is 5.46. The van der Waals surface area contributed by atoms with Crippen LogP contribution in [0.5, 0.6) is 0 Å². The molecule has 0 N–H and O–H groups in total. The van der Waals surface area contributed by atoms with Gasteiger partial charge in [-0.05, 0) is 32.1 Å². The predicted octanol–water partition coefficient (Wildman–Crippen LogP) is 3.09. The minimum atomic E-state index is 0.384. The Kier molecular flexibility index (Phi) is 5.57. The molecule has 0 aliphatic carbocycles. The van der Waals surface area contributed by atoms with Crippen LogP contribution in [0.3, 0.4) is 0 Å². The maximum Gasteiger partial charge on any atom is 0.0518 e. The Morgan fingerprint density at radius 1 is 1.00 bits per heavy atom. The van der Waals surface area contributed by atoms with E-state index < -0.39 is 0 Å². The fourth-order valence-corrected chi connectivity index (χ4v) is 0.823. The second-order valence-electron chi connectivity index (χ2n) is 3.93. The van der Waals surface area contributed by atoms with Crippen molar-refractivity contribution in [2.75, 3.05) is 6.61 Å². The van der Waals surface area contributed by atoms with Crippen LogP contribution in [0, 0.1) is 11.8 Å². The summed E-state index contributed by atoms with van der Waals surface area (Å²) in [6.07, 6.45) is 1.57. The molecule has 68 valence electrons. The van der Waals surface area contributed by atoms with Crippen LogP contribution in [-0.4, -0.2) is 12.7 Å². The molecule has 1 nitrogen and oxygen atoms in total. The van der Waals surface area contributed by atoms with Crippen molar-refractivity contribution in [3.63, 3.8) is 0 Å². The summed E-state index contributed by atoms with van der Waals surface area (Å²) in [4.78, 5) is 0. The highest BCUT2D eigenvalue weighted by Gasteiger charge is 2.06. The molecule has 11 heavy (non-hydrogen) atoms. The van der Waals surface area contributed by atoms with Gasteiger partial charge in [0, 0.05) is 6.61 Å². The van der Waals surface area contributed by atoms with Gasteiger partial charge in [0.25, 0.3) is 0 Å². The van der Waals surface area contributed by atoms with Crippen LogP contribution in [0.2, 0.25) is 0 Å². The zero-order valence-corrected chi connectivity index (χ0v) is 8.55. The van der Waals surface area contributed by atoms with E-state index in [1.807, 2.05) is 0 Å². The monoisotopic (exact) mass is 158 g/mol. The van der Waals surface area contributed by atoms with E-state index in [0.717, 1.165) is 18.4 Å². The molecule has 0 aromatic rings. The maximum absolute atomic E-state index is 5.46. The van der Waals surface area contributed by atoms with E-state index in [9.17, 15) is 0 Å². The number of hydrogen-bond donors (Lipinski definition) is 0. The molecular formula is C10H22O. The Labute approximate surface area is 71.1 Å². The van der Waals surface area contributed by atoms with Gasteiger partial charge in [-0.1, -0.05) is 20.8 Å². The lowest BCUT2D eigenvalue weighted by Crippen LogP contribution is -2.10. The Bertz CT molecular complexity index is 86.9. The normalized spacial score (nSPS) is 14.5. The first-order valence-electron chi connectivity index (χ1n) is 4.65. The van der Waals surface area contributed by atoms with Crippen molar-refractivity contribution in [2.45, 2.75) is 47.1 Å². The molecule has 0 saturated carbocycles. The zero-order chi connectivity index (χ0) is 8.85. The molecule has 0 bridgehead atoms. The van der Waals surface area contributed by atoms with Crippen LogP contribution in [0.1, 0.15) is 41.0 Å². The second-order valence-corrected chi connectivity index (χ2v) is 3.93. The Morgan fingerprint density at radius 2 is 1.55 bits per heavy atom. The molecule has 0 amide bonds. The van der Waals surface area contributed by atoms with Crippen molar-refractivity contribution in [2.24, 2.45) is 11.8 Å². The summed E-state index contributed by atoms with van der Waals surface area (Å²) >= 11 is 0. The molecule has 0 radical (unpaired) electrons. The third kappa shape index (κ3) is 6.36. The van der Waals surface area contributed by atoms with Gasteiger partial charge in [-0.3, -0.25) is 0 Å². The smallest absolute Gasteiger partial charge is 0.0518 e. The average Bonchev–Trinajstić information content (AvgIpc) is 1.86. The molecule has 0 aromatic heterocycles. The van der Waals surface area contributed by atoms with Crippen molar-refractivity contribution in [3.05, 3.63) is 0 Å². The summed E-state index contributed by atoms with van der Waals surface area (Å²) in [5.74, 6) is 1.57. The molecule has 0 aromatic carbocycles. The Morgan fingerprint density at radius 3 is 1.91 bits per heavy atom. The Hall–Kier alpha value is -0.0400. The highest BCUT2D eigenvalue weighted by molar-refractivity contribution is 4.56. The average molecular weight is 158 g/mol. The molecular weight excluding hydrogens is 136 g/mol. The van der Waals surface area contributed by atoms with Gasteiger partial charge < -0.3 is 4.74 Å². The molecule has 0 aliphatic heterocycles. The van der Waals surface area contributed by atoms with Gasteiger partial charge in [-0.2, -0.15) is 0 Å². The van der Waals surface area contributed by atoms with Crippen molar-refractivity contribution in [1.82, 2.24) is 0 Å². The van der Waals surface area contributed by atoms with E-state index in [2.05, 4.69) is 34.6 Å². The predicted molar refractivity (Wildman–Crippen MR) is 49.7 cm³/mol. The number of ether oxygens (including phenoxy) is 1. The van der Waals surface area contributed by atoms with Crippen LogP contribution >= 0.6 is 0 Å². The molecule has 0 aliphatic rings. The third-order valence-corrected chi connectivity index (χ3v) is 2.16. The van der Waals surface area contributed by atoms with Crippen molar-refractivity contribution < 1.29 is 4.74 Å². The standard InChI is InChI=1S/C10H22O/c1-8(2)10(5)6-7-11-9(3)4/h8-10H,6-7H2,1-5H3. The topological polar surface area (TPSA) is 9.23 Å². The second kappa shape index (κ2) is 5.59. The van der Waals surface area contributed by atoms with Crippen LogP contribution in [-0.2, 0) is 4.74 Å². The molecule has 1 atom stereocenters. The number of hydrogen-bond acceptors (Lipinski definition) is 1. The largest absolute Gasteiger partial charge is 0.379 e. The van der Waals surface area contributed by atoms with Crippen LogP contribution in [0.25, 0.3) is 0 Å². The highest BCUT2D eigenvalue weighted by atomic mass is 16.5. The van der Waals surface area contributed by atoms with E-state index in [1.165, 1.54) is 6.42 Å². The maximum atomic E-state index is 5.46. The highest BCUT2D eigenvalue weighted by Crippen LogP contribution is 2.13. The fourth-order valence-electron chi connectivity index (χ4n) is 0.823.